The maximum atomic E-state index is 9.04. The lowest BCUT2D eigenvalue weighted by atomic mass is 10.1. The van der Waals surface area contributed by atoms with E-state index in [1.54, 1.807) is 0 Å². The third kappa shape index (κ3) is 3.41. The molecule has 3 nitrogen and oxygen atoms in total. The van der Waals surface area contributed by atoms with Crippen molar-refractivity contribution < 1.29 is 28.8 Å². The molecule has 0 fully saturated rings. The largest absolute Gasteiger partial charge is 0.309 e. The average molecular weight is 595 g/mol. The molecule has 0 aliphatic carbocycles. The zero-order valence-electron chi connectivity index (χ0n) is 43.8. The predicted octanol–water partition coefficient (Wildman–Crippen LogP) is 11.0. The molecule has 0 atom stereocenters. The Balaban J connectivity index is 1.42. The Morgan fingerprint density at radius 2 is 0.622 bits per heavy atom. The standard InChI is InChI=1S/C42H27N3/c1-2-12-28(13-3-1)43-41-24-22-29(44-37-18-8-4-14-31(37)32-15-5-9-19-38(32)44)26-35(41)36-27-30(23-25-42(36)43)45-39-20-10-6-16-33(39)34-17-7-11-21-40(34)45/h1-27H/i1D,2D,3D,4D,5D,6D,7D,8D,9D,10D,11D,12D,13D,14D,15D,16D,17D,18D,19D,20D,21D. The van der Waals surface area contributed by atoms with E-state index in [-0.39, 0.29) is 82.5 Å². The Morgan fingerprint density at radius 1 is 0.289 bits per heavy atom. The van der Waals surface area contributed by atoms with Crippen LogP contribution in [0.1, 0.15) is 28.8 Å². The van der Waals surface area contributed by atoms with Gasteiger partial charge >= 0.3 is 0 Å². The normalized spacial score (nSPS) is 18.5. The molecule has 3 heterocycles. The first-order valence-electron chi connectivity index (χ1n) is 24.2. The van der Waals surface area contributed by atoms with Crippen molar-refractivity contribution >= 4 is 65.4 Å². The lowest BCUT2D eigenvalue weighted by molar-refractivity contribution is 1.16. The highest BCUT2D eigenvalue weighted by atomic mass is 15.0. The quantitative estimate of drug-likeness (QED) is 0.193. The summed E-state index contributed by atoms with van der Waals surface area (Å²) in [5.74, 6) is 0. The number of hydrogen-bond acceptors (Lipinski definition) is 0. The SMILES string of the molecule is [2H]c1c([2H])c([2H])c(-n2c3ccc(-n4c5c([2H])c([2H])c([2H])c([2H])c5c5c([2H])c([2H])c([2H])c([2H])c54)cc3c3cc(-n4c5c([2H])c([2H])c([2H])c([2H])c5c5c([2H])c([2H])c([2H])c([2H])c54)ccc32)c([2H])c1[2H]. The Hall–Kier alpha value is -6.06. The Bertz CT molecular complexity index is 3550. The number of aromatic nitrogens is 3. The molecule has 45 heavy (non-hydrogen) atoms. The first-order valence-corrected chi connectivity index (χ1v) is 13.7. The fraction of sp³-hybridized carbons (Fsp3) is 0. The van der Waals surface area contributed by atoms with Gasteiger partial charge in [0.2, 0.25) is 0 Å². The number of hydrogen-bond donors (Lipinski definition) is 0. The minimum absolute atomic E-state index is 0.114. The molecule has 0 saturated carbocycles. The van der Waals surface area contributed by atoms with Crippen LogP contribution in [0.3, 0.4) is 0 Å². The molecular formula is C42H27N3. The van der Waals surface area contributed by atoms with Gasteiger partial charge in [-0.25, -0.2) is 0 Å². The minimum atomic E-state index is -0.653. The van der Waals surface area contributed by atoms with Crippen molar-refractivity contribution in [2.75, 3.05) is 0 Å². The van der Waals surface area contributed by atoms with Crippen LogP contribution in [0.2, 0.25) is 0 Å². The first-order chi connectivity index (χ1) is 31.1. The molecular weight excluding hydrogens is 546 g/mol. The Labute approximate surface area is 288 Å². The van der Waals surface area contributed by atoms with Crippen LogP contribution in [0, 0.1) is 0 Å². The molecule has 0 radical (unpaired) electrons. The van der Waals surface area contributed by atoms with E-state index in [1.165, 1.54) is 50.1 Å². The zero-order valence-corrected chi connectivity index (χ0v) is 22.8. The van der Waals surface area contributed by atoms with Crippen molar-refractivity contribution in [2.24, 2.45) is 0 Å². The summed E-state index contributed by atoms with van der Waals surface area (Å²) in [6.45, 7) is 0. The van der Waals surface area contributed by atoms with Crippen LogP contribution in [0.4, 0.5) is 0 Å². The molecule has 10 rings (SSSR count). The second kappa shape index (κ2) is 9.22. The summed E-state index contributed by atoms with van der Waals surface area (Å²) in [6.07, 6.45) is 0. The van der Waals surface area contributed by atoms with Crippen LogP contribution in [0.15, 0.2) is 163 Å². The van der Waals surface area contributed by atoms with Gasteiger partial charge in [-0.2, -0.15) is 0 Å². The lowest BCUT2D eigenvalue weighted by Gasteiger charge is -2.10. The van der Waals surface area contributed by atoms with Gasteiger partial charge in [-0.05, 0) is 72.7 Å². The maximum Gasteiger partial charge on any atom is 0.0645 e. The van der Waals surface area contributed by atoms with E-state index in [4.69, 9.17) is 28.8 Å². The van der Waals surface area contributed by atoms with Gasteiger partial charge in [0.05, 0.1) is 61.9 Å². The number of nitrogens with zero attached hydrogens (tertiary/aromatic N) is 3. The van der Waals surface area contributed by atoms with Crippen LogP contribution in [-0.4, -0.2) is 13.7 Å². The predicted molar refractivity (Wildman–Crippen MR) is 189 cm³/mol. The third-order valence-corrected chi connectivity index (χ3v) is 8.02. The highest BCUT2D eigenvalue weighted by Gasteiger charge is 2.18. The number of benzene rings is 7. The third-order valence-electron chi connectivity index (χ3n) is 8.02. The summed E-state index contributed by atoms with van der Waals surface area (Å²) in [5.41, 5.74) is -0.290. The monoisotopic (exact) mass is 594 g/mol. The molecule has 0 aliphatic heterocycles. The van der Waals surface area contributed by atoms with Crippen LogP contribution in [0.25, 0.3) is 82.5 Å². The molecule has 210 valence electrons. The molecule has 0 amide bonds. The first kappa shape index (κ1) is 11.8. The molecule has 3 aromatic heterocycles. The second-order valence-corrected chi connectivity index (χ2v) is 10.3. The van der Waals surface area contributed by atoms with E-state index < -0.39 is 127 Å². The molecule has 7 aromatic carbocycles. The van der Waals surface area contributed by atoms with E-state index in [0.29, 0.717) is 0 Å². The summed E-state index contributed by atoms with van der Waals surface area (Å²) in [4.78, 5) is 0. The highest BCUT2D eigenvalue weighted by Crippen LogP contribution is 2.39. The maximum absolute atomic E-state index is 9.04. The summed E-state index contributed by atoms with van der Waals surface area (Å²) < 4.78 is 187. The van der Waals surface area contributed by atoms with Crippen molar-refractivity contribution in [3.63, 3.8) is 0 Å². The number of fused-ring (bicyclic) bond motifs is 9. The highest BCUT2D eigenvalue weighted by molar-refractivity contribution is 6.14. The van der Waals surface area contributed by atoms with Gasteiger partial charge in [0, 0.05) is 49.4 Å². The van der Waals surface area contributed by atoms with Crippen LogP contribution >= 0.6 is 0 Å². The summed E-state index contributed by atoms with van der Waals surface area (Å²) in [7, 11) is 0. The topological polar surface area (TPSA) is 14.8 Å². The van der Waals surface area contributed by atoms with E-state index in [1.807, 2.05) is 0 Å². The molecule has 0 unspecified atom stereocenters. The fourth-order valence-corrected chi connectivity index (χ4v) is 6.23. The van der Waals surface area contributed by atoms with E-state index >= 15 is 0 Å². The molecule has 0 spiro atoms. The molecule has 0 bridgehead atoms. The van der Waals surface area contributed by atoms with Gasteiger partial charge in [0.1, 0.15) is 0 Å². The molecule has 3 heteroatoms. The molecule has 10 aromatic rings. The minimum Gasteiger partial charge on any atom is -0.309 e. The average Bonchev–Trinajstić information content (AvgIpc) is 3.96. The van der Waals surface area contributed by atoms with E-state index in [2.05, 4.69) is 0 Å². The van der Waals surface area contributed by atoms with Crippen LogP contribution in [0.5, 0.6) is 0 Å². The molecule has 0 N–H and O–H groups in total. The van der Waals surface area contributed by atoms with E-state index in [9.17, 15) is 0 Å². The van der Waals surface area contributed by atoms with Crippen molar-refractivity contribution in [1.29, 1.82) is 0 Å². The van der Waals surface area contributed by atoms with Gasteiger partial charge in [-0.15, -0.1) is 0 Å². The number of rotatable bonds is 3. The Morgan fingerprint density at radius 3 is 1.02 bits per heavy atom. The summed E-state index contributed by atoms with van der Waals surface area (Å²) in [5, 5.41) is -0.200. The van der Waals surface area contributed by atoms with Crippen LogP contribution < -0.4 is 0 Å². The van der Waals surface area contributed by atoms with E-state index in [0.717, 1.165) is 0 Å². The van der Waals surface area contributed by atoms with Crippen molar-refractivity contribution in [2.45, 2.75) is 0 Å². The van der Waals surface area contributed by atoms with Crippen molar-refractivity contribution in [3.8, 4) is 17.1 Å². The Kier molecular flexibility index (Phi) is 2.42. The molecule has 0 aliphatic rings. The molecule has 0 saturated heterocycles. The van der Waals surface area contributed by atoms with Crippen LogP contribution in [-0.2, 0) is 0 Å². The van der Waals surface area contributed by atoms with Gasteiger partial charge in [0.25, 0.3) is 0 Å². The lowest BCUT2D eigenvalue weighted by Crippen LogP contribution is -1.96. The summed E-state index contributed by atoms with van der Waals surface area (Å²) in [6, 6.07) is -3.57. The van der Waals surface area contributed by atoms with Gasteiger partial charge in [0.15, 0.2) is 0 Å². The van der Waals surface area contributed by atoms with Gasteiger partial charge < -0.3 is 13.7 Å². The van der Waals surface area contributed by atoms with Gasteiger partial charge in [-0.1, -0.05) is 90.6 Å². The zero-order chi connectivity index (χ0) is 47.8. The fourth-order valence-electron chi connectivity index (χ4n) is 6.23. The van der Waals surface area contributed by atoms with Crippen molar-refractivity contribution in [3.05, 3.63) is 163 Å². The van der Waals surface area contributed by atoms with Gasteiger partial charge in [-0.3, -0.25) is 0 Å². The van der Waals surface area contributed by atoms with Crippen molar-refractivity contribution in [1.82, 2.24) is 13.7 Å². The number of para-hydroxylation sites is 5. The smallest absolute Gasteiger partial charge is 0.0645 e. The second-order valence-electron chi connectivity index (χ2n) is 10.3. The summed E-state index contributed by atoms with van der Waals surface area (Å²) >= 11 is 0.